The zero-order chi connectivity index (χ0) is 13.8. The maximum Gasteiger partial charge on any atom is 0.401 e. The summed E-state index contributed by atoms with van der Waals surface area (Å²) in [5.41, 5.74) is 0.953. The van der Waals surface area contributed by atoms with Crippen LogP contribution in [0.15, 0.2) is 18.2 Å². The van der Waals surface area contributed by atoms with Gasteiger partial charge in [-0.05, 0) is 24.7 Å². The van der Waals surface area contributed by atoms with Gasteiger partial charge in [0.25, 0.3) is 0 Å². The first-order valence-electron chi connectivity index (χ1n) is 5.18. The summed E-state index contributed by atoms with van der Waals surface area (Å²) in [6, 6.07) is 6.70. The van der Waals surface area contributed by atoms with E-state index in [2.05, 4.69) is 0 Å². The van der Waals surface area contributed by atoms with E-state index in [1.165, 1.54) is 20.2 Å². The molecule has 0 N–H and O–H groups in total. The van der Waals surface area contributed by atoms with Gasteiger partial charge in [0.15, 0.2) is 0 Å². The molecule has 0 aliphatic rings. The minimum absolute atomic E-state index is 0.123. The first-order valence-corrected chi connectivity index (χ1v) is 5.18. The zero-order valence-corrected chi connectivity index (χ0v) is 10.1. The Labute approximate surface area is 103 Å². The maximum absolute atomic E-state index is 12.2. The molecule has 0 saturated heterocycles. The molecule has 0 unspecified atom stereocenters. The summed E-state index contributed by atoms with van der Waals surface area (Å²) in [5.74, 6) is 0.416. The number of hydrogen-bond donors (Lipinski definition) is 0. The summed E-state index contributed by atoms with van der Waals surface area (Å²) >= 11 is 0. The van der Waals surface area contributed by atoms with Crippen molar-refractivity contribution in [3.63, 3.8) is 0 Å². The Hall–Kier alpha value is -1.74. The van der Waals surface area contributed by atoms with Gasteiger partial charge in [0.1, 0.15) is 11.8 Å². The Balaban J connectivity index is 2.77. The molecule has 1 rings (SSSR count). The van der Waals surface area contributed by atoms with Crippen LogP contribution in [0.25, 0.3) is 0 Å². The number of ether oxygens (including phenoxy) is 1. The number of alkyl halides is 3. The lowest BCUT2D eigenvalue weighted by molar-refractivity contribution is -0.144. The van der Waals surface area contributed by atoms with Gasteiger partial charge in [0.05, 0.1) is 19.2 Å². The van der Waals surface area contributed by atoms with Crippen LogP contribution in [0.4, 0.5) is 13.2 Å². The van der Waals surface area contributed by atoms with Gasteiger partial charge in [-0.15, -0.1) is 0 Å². The van der Waals surface area contributed by atoms with E-state index >= 15 is 0 Å². The number of rotatable bonds is 4. The van der Waals surface area contributed by atoms with Gasteiger partial charge < -0.3 is 4.74 Å². The summed E-state index contributed by atoms with van der Waals surface area (Å²) < 4.78 is 41.4. The van der Waals surface area contributed by atoms with Crippen molar-refractivity contribution in [2.75, 3.05) is 20.7 Å². The molecular formula is C12H13F3N2O. The smallest absolute Gasteiger partial charge is 0.401 e. The van der Waals surface area contributed by atoms with Crippen LogP contribution < -0.4 is 4.74 Å². The van der Waals surface area contributed by atoms with E-state index in [1.54, 1.807) is 12.1 Å². The Morgan fingerprint density at radius 1 is 1.39 bits per heavy atom. The van der Waals surface area contributed by atoms with Gasteiger partial charge in [-0.25, -0.2) is 0 Å². The van der Waals surface area contributed by atoms with Crippen LogP contribution in [-0.2, 0) is 6.54 Å². The number of nitrogens with zero attached hydrogens (tertiary/aromatic N) is 2. The van der Waals surface area contributed by atoms with Gasteiger partial charge >= 0.3 is 6.18 Å². The average molecular weight is 258 g/mol. The molecule has 6 heteroatoms. The lowest BCUT2D eigenvalue weighted by atomic mass is 10.1. The van der Waals surface area contributed by atoms with Crippen molar-refractivity contribution in [3.05, 3.63) is 29.3 Å². The molecule has 1 aromatic carbocycles. The second-order valence-electron chi connectivity index (χ2n) is 3.93. The highest BCUT2D eigenvalue weighted by Crippen LogP contribution is 2.21. The number of hydrogen-bond acceptors (Lipinski definition) is 3. The zero-order valence-electron chi connectivity index (χ0n) is 10.1. The van der Waals surface area contributed by atoms with Gasteiger partial charge in [0.2, 0.25) is 0 Å². The van der Waals surface area contributed by atoms with Crippen LogP contribution in [-0.4, -0.2) is 31.8 Å². The number of nitriles is 1. The molecule has 3 nitrogen and oxygen atoms in total. The van der Waals surface area contributed by atoms with Crippen LogP contribution >= 0.6 is 0 Å². The molecule has 0 aliphatic carbocycles. The summed E-state index contributed by atoms with van der Waals surface area (Å²) in [6.45, 7) is -0.862. The lowest BCUT2D eigenvalue weighted by Crippen LogP contribution is -2.30. The first kappa shape index (κ1) is 14.3. The van der Waals surface area contributed by atoms with Crippen LogP contribution in [0, 0.1) is 11.3 Å². The SMILES string of the molecule is COc1ccc(CN(C)CC(F)(F)F)cc1C#N. The molecule has 98 valence electrons. The molecule has 0 atom stereocenters. The molecule has 0 heterocycles. The van der Waals surface area contributed by atoms with E-state index in [0.29, 0.717) is 16.9 Å². The molecule has 0 aromatic heterocycles. The molecular weight excluding hydrogens is 245 g/mol. The van der Waals surface area contributed by atoms with Crippen LogP contribution in [0.3, 0.4) is 0 Å². The topological polar surface area (TPSA) is 36.3 Å². The fourth-order valence-electron chi connectivity index (χ4n) is 1.61. The van der Waals surface area contributed by atoms with E-state index in [-0.39, 0.29) is 6.54 Å². The highest BCUT2D eigenvalue weighted by atomic mass is 19.4. The second kappa shape index (κ2) is 5.74. The average Bonchev–Trinajstić information content (AvgIpc) is 2.26. The molecule has 0 fully saturated rings. The van der Waals surface area contributed by atoms with Gasteiger partial charge in [0, 0.05) is 6.54 Å². The quantitative estimate of drug-likeness (QED) is 0.832. The molecule has 0 bridgehead atoms. The lowest BCUT2D eigenvalue weighted by Gasteiger charge is -2.18. The molecule has 0 aliphatic heterocycles. The third kappa shape index (κ3) is 4.26. The van der Waals surface area contributed by atoms with Crippen molar-refractivity contribution >= 4 is 0 Å². The second-order valence-corrected chi connectivity index (χ2v) is 3.93. The van der Waals surface area contributed by atoms with Crippen molar-refractivity contribution in [2.24, 2.45) is 0 Å². The number of benzene rings is 1. The van der Waals surface area contributed by atoms with Crippen molar-refractivity contribution < 1.29 is 17.9 Å². The van der Waals surface area contributed by atoms with E-state index < -0.39 is 12.7 Å². The first-order chi connectivity index (χ1) is 8.35. The fourth-order valence-corrected chi connectivity index (χ4v) is 1.61. The Kier molecular flexibility index (Phi) is 4.56. The van der Waals surface area contributed by atoms with Crippen molar-refractivity contribution in [2.45, 2.75) is 12.7 Å². The summed E-state index contributed by atoms with van der Waals surface area (Å²) in [6.07, 6.45) is -4.22. The Morgan fingerprint density at radius 2 is 2.06 bits per heavy atom. The third-order valence-electron chi connectivity index (χ3n) is 2.29. The van der Waals surface area contributed by atoms with E-state index in [0.717, 1.165) is 4.90 Å². The van der Waals surface area contributed by atoms with Crippen LogP contribution in [0.2, 0.25) is 0 Å². The van der Waals surface area contributed by atoms with Gasteiger partial charge in [-0.1, -0.05) is 6.07 Å². The highest BCUT2D eigenvalue weighted by molar-refractivity contribution is 5.45. The molecule has 0 spiro atoms. The van der Waals surface area contributed by atoms with E-state index in [4.69, 9.17) is 10.00 Å². The largest absolute Gasteiger partial charge is 0.495 e. The fraction of sp³-hybridized carbons (Fsp3) is 0.417. The Bertz CT molecular complexity index is 452. The van der Waals surface area contributed by atoms with Crippen molar-refractivity contribution in [3.8, 4) is 11.8 Å². The normalized spacial score (nSPS) is 11.4. The van der Waals surface area contributed by atoms with E-state index in [1.807, 2.05) is 6.07 Å². The third-order valence-corrected chi connectivity index (χ3v) is 2.29. The summed E-state index contributed by atoms with van der Waals surface area (Å²) in [7, 11) is 2.81. The highest BCUT2D eigenvalue weighted by Gasteiger charge is 2.29. The number of halogens is 3. The Morgan fingerprint density at radius 3 is 2.56 bits per heavy atom. The maximum atomic E-state index is 12.2. The van der Waals surface area contributed by atoms with E-state index in [9.17, 15) is 13.2 Å². The van der Waals surface area contributed by atoms with Crippen molar-refractivity contribution in [1.29, 1.82) is 5.26 Å². The monoisotopic (exact) mass is 258 g/mol. The minimum Gasteiger partial charge on any atom is -0.495 e. The predicted octanol–water partition coefficient (Wildman–Crippen LogP) is 2.56. The summed E-state index contributed by atoms with van der Waals surface area (Å²) in [5, 5.41) is 8.87. The standard InChI is InChI=1S/C12H13F3N2O/c1-17(8-12(13,14)15)7-9-3-4-11(18-2)10(5-9)6-16/h3-5H,7-8H2,1-2H3. The molecule has 0 amide bonds. The predicted molar refractivity (Wildman–Crippen MR) is 60.1 cm³/mol. The van der Waals surface area contributed by atoms with Crippen LogP contribution in [0.5, 0.6) is 5.75 Å². The van der Waals surface area contributed by atoms with Crippen LogP contribution in [0.1, 0.15) is 11.1 Å². The molecule has 18 heavy (non-hydrogen) atoms. The van der Waals surface area contributed by atoms with Crippen molar-refractivity contribution in [1.82, 2.24) is 4.90 Å². The minimum atomic E-state index is -4.22. The molecule has 0 saturated carbocycles. The van der Waals surface area contributed by atoms with Gasteiger partial charge in [-0.2, -0.15) is 18.4 Å². The number of methoxy groups -OCH3 is 1. The molecule has 0 radical (unpaired) electrons. The summed E-state index contributed by atoms with van der Waals surface area (Å²) in [4.78, 5) is 1.14. The molecule has 1 aromatic rings. The van der Waals surface area contributed by atoms with Gasteiger partial charge in [-0.3, -0.25) is 4.90 Å².